The van der Waals surface area contributed by atoms with Crippen molar-refractivity contribution in [3.63, 3.8) is 0 Å². The van der Waals surface area contributed by atoms with E-state index in [9.17, 15) is 26.4 Å². The summed E-state index contributed by atoms with van der Waals surface area (Å²) in [6, 6.07) is 6.92. The van der Waals surface area contributed by atoms with Crippen LogP contribution in [0.3, 0.4) is 0 Å². The molecule has 0 saturated carbocycles. The second-order valence-corrected chi connectivity index (χ2v) is 8.24. The Bertz CT molecular complexity index is 1040. The topological polar surface area (TPSA) is 92.5 Å². The summed E-state index contributed by atoms with van der Waals surface area (Å²) in [5.41, 5.74) is 0.391. The van der Waals surface area contributed by atoms with Crippen LogP contribution in [0.1, 0.15) is 16.7 Å². The van der Waals surface area contributed by atoms with Crippen LogP contribution in [0.4, 0.5) is 23.7 Å². The zero-order valence-corrected chi connectivity index (χ0v) is 15.8. The van der Waals surface area contributed by atoms with Gasteiger partial charge in [-0.3, -0.25) is 0 Å². The fourth-order valence-corrected chi connectivity index (χ4v) is 3.70. The molecule has 2 aromatic rings. The lowest BCUT2D eigenvalue weighted by atomic mass is 10.0. The van der Waals surface area contributed by atoms with Crippen molar-refractivity contribution in [1.82, 2.24) is 4.90 Å². The first-order valence-corrected chi connectivity index (χ1v) is 9.95. The summed E-state index contributed by atoms with van der Waals surface area (Å²) in [4.78, 5) is 13.8. The van der Waals surface area contributed by atoms with Crippen LogP contribution < -0.4 is 10.5 Å². The molecule has 6 nitrogen and oxygen atoms in total. The van der Waals surface area contributed by atoms with Crippen molar-refractivity contribution in [2.45, 2.75) is 24.0 Å². The van der Waals surface area contributed by atoms with Crippen molar-refractivity contribution < 1.29 is 26.4 Å². The van der Waals surface area contributed by atoms with E-state index < -0.39 is 32.8 Å². The van der Waals surface area contributed by atoms with E-state index in [-0.39, 0.29) is 17.1 Å². The van der Waals surface area contributed by atoms with Gasteiger partial charge in [0.25, 0.3) is 0 Å². The highest BCUT2D eigenvalue weighted by atomic mass is 35.5. The Morgan fingerprint density at radius 3 is 2.50 bits per heavy atom. The van der Waals surface area contributed by atoms with Gasteiger partial charge in [-0.05, 0) is 47.9 Å². The molecule has 28 heavy (non-hydrogen) atoms. The number of sulfonamides is 1. The quantitative estimate of drug-likeness (QED) is 0.758. The summed E-state index contributed by atoms with van der Waals surface area (Å²) in [7, 11) is -3.88. The molecule has 0 radical (unpaired) electrons. The molecule has 0 saturated heterocycles. The van der Waals surface area contributed by atoms with Gasteiger partial charge in [0.2, 0.25) is 10.0 Å². The van der Waals surface area contributed by atoms with Crippen molar-refractivity contribution in [2.75, 3.05) is 11.9 Å². The summed E-state index contributed by atoms with van der Waals surface area (Å²) in [5, 5.41) is 7.07. The van der Waals surface area contributed by atoms with Crippen molar-refractivity contribution >= 4 is 33.3 Å². The normalized spacial score (nSPS) is 14.5. The van der Waals surface area contributed by atoms with Gasteiger partial charge in [0.1, 0.15) is 0 Å². The van der Waals surface area contributed by atoms with Crippen LogP contribution in [0.25, 0.3) is 0 Å². The number of carbonyl (C=O) groups is 1. The second-order valence-electron chi connectivity index (χ2n) is 6.27. The molecule has 2 aromatic carbocycles. The fourth-order valence-electron chi connectivity index (χ4n) is 2.91. The maximum absolute atomic E-state index is 13.0. The molecule has 0 fully saturated rings. The van der Waals surface area contributed by atoms with E-state index in [0.717, 1.165) is 17.7 Å². The molecule has 150 valence electrons. The van der Waals surface area contributed by atoms with Crippen LogP contribution in [0, 0.1) is 0 Å². The minimum Gasteiger partial charge on any atom is -0.320 e. The molecule has 1 aliphatic rings. The zero-order chi connectivity index (χ0) is 20.7. The van der Waals surface area contributed by atoms with Gasteiger partial charge in [0, 0.05) is 18.8 Å². The van der Waals surface area contributed by atoms with Crippen molar-refractivity contribution in [1.29, 1.82) is 0 Å². The minimum absolute atomic E-state index is 0.0502. The second kappa shape index (κ2) is 7.26. The molecular weight excluding hydrogens is 419 g/mol. The number of anilines is 1. The maximum Gasteiger partial charge on any atom is 0.417 e. The number of rotatable bonds is 2. The highest BCUT2D eigenvalue weighted by Gasteiger charge is 2.33. The average Bonchev–Trinajstić information content (AvgIpc) is 2.60. The van der Waals surface area contributed by atoms with Gasteiger partial charge in [-0.25, -0.2) is 18.4 Å². The summed E-state index contributed by atoms with van der Waals surface area (Å²) in [5.74, 6) is 0. The fraction of sp³-hybridized carbons (Fsp3) is 0.235. The van der Waals surface area contributed by atoms with E-state index in [2.05, 4.69) is 5.32 Å². The number of fused-ring (bicyclic) bond motifs is 1. The number of alkyl halides is 3. The molecule has 1 heterocycles. The molecule has 0 spiro atoms. The Labute approximate surface area is 164 Å². The molecule has 1 aliphatic heterocycles. The first-order chi connectivity index (χ1) is 12.9. The summed E-state index contributed by atoms with van der Waals surface area (Å²) < 4.78 is 61.9. The average molecular weight is 434 g/mol. The number of hydrogen-bond acceptors (Lipinski definition) is 3. The van der Waals surface area contributed by atoms with Gasteiger partial charge in [0.15, 0.2) is 0 Å². The van der Waals surface area contributed by atoms with E-state index in [1.165, 1.54) is 23.1 Å². The van der Waals surface area contributed by atoms with E-state index in [1.54, 1.807) is 6.07 Å². The lowest BCUT2D eigenvalue weighted by Gasteiger charge is -2.29. The number of amides is 2. The Morgan fingerprint density at radius 1 is 1.14 bits per heavy atom. The van der Waals surface area contributed by atoms with Gasteiger partial charge in [0.05, 0.1) is 15.5 Å². The smallest absolute Gasteiger partial charge is 0.320 e. The SMILES string of the molecule is NS(=O)(=O)c1ccc2c(c1)CN(C(=O)Nc1ccc(Cl)c(C(F)(F)F)c1)CC2. The van der Waals surface area contributed by atoms with Crippen LogP contribution in [0.15, 0.2) is 41.3 Å². The lowest BCUT2D eigenvalue weighted by Crippen LogP contribution is -2.39. The predicted octanol–water partition coefficient (Wildman–Crippen LogP) is 3.60. The monoisotopic (exact) mass is 433 g/mol. The molecular formula is C17H15ClF3N3O3S. The van der Waals surface area contributed by atoms with E-state index >= 15 is 0 Å². The Morgan fingerprint density at radius 2 is 1.86 bits per heavy atom. The number of urea groups is 1. The molecule has 2 amide bonds. The zero-order valence-electron chi connectivity index (χ0n) is 14.3. The molecule has 0 unspecified atom stereocenters. The van der Waals surface area contributed by atoms with Crippen molar-refractivity contribution in [2.24, 2.45) is 5.14 Å². The largest absolute Gasteiger partial charge is 0.417 e. The van der Waals surface area contributed by atoms with Crippen LogP contribution in [0.2, 0.25) is 5.02 Å². The highest BCUT2D eigenvalue weighted by molar-refractivity contribution is 7.89. The van der Waals surface area contributed by atoms with Crippen LogP contribution in [-0.4, -0.2) is 25.9 Å². The van der Waals surface area contributed by atoms with Gasteiger partial charge in [-0.2, -0.15) is 13.2 Å². The number of carbonyl (C=O) groups excluding carboxylic acids is 1. The molecule has 3 N–H and O–H groups in total. The number of nitrogens with one attached hydrogen (secondary N) is 1. The van der Waals surface area contributed by atoms with Crippen LogP contribution >= 0.6 is 11.6 Å². The van der Waals surface area contributed by atoms with E-state index in [4.69, 9.17) is 16.7 Å². The summed E-state index contributed by atoms with van der Waals surface area (Å²) >= 11 is 5.57. The summed E-state index contributed by atoms with van der Waals surface area (Å²) in [6.45, 7) is 0.428. The Kier molecular flexibility index (Phi) is 5.30. The Balaban J connectivity index is 1.78. The summed E-state index contributed by atoms with van der Waals surface area (Å²) in [6.07, 6.45) is -4.17. The maximum atomic E-state index is 13.0. The first kappa shape index (κ1) is 20.4. The third kappa shape index (κ3) is 4.40. The molecule has 0 aliphatic carbocycles. The number of nitrogens with zero attached hydrogens (tertiary/aromatic N) is 1. The van der Waals surface area contributed by atoms with Gasteiger partial charge < -0.3 is 10.2 Å². The standard InChI is InChI=1S/C17H15ClF3N3O3S/c18-15-4-2-12(8-14(15)17(19,20)21)23-16(25)24-6-5-10-1-3-13(28(22,26)27)7-11(10)9-24/h1-4,7-8H,5-6,9H2,(H,23,25)(H2,22,26,27). The molecule has 11 heteroatoms. The lowest BCUT2D eigenvalue weighted by molar-refractivity contribution is -0.137. The van der Waals surface area contributed by atoms with Crippen molar-refractivity contribution in [3.8, 4) is 0 Å². The molecule has 0 atom stereocenters. The molecule has 0 aromatic heterocycles. The minimum atomic E-state index is -4.65. The Hall–Kier alpha value is -2.30. The number of nitrogens with two attached hydrogens (primary N) is 1. The van der Waals surface area contributed by atoms with Crippen LogP contribution in [-0.2, 0) is 29.2 Å². The van der Waals surface area contributed by atoms with Gasteiger partial charge >= 0.3 is 12.2 Å². The van der Waals surface area contributed by atoms with E-state index in [1.807, 2.05) is 0 Å². The molecule has 0 bridgehead atoms. The van der Waals surface area contributed by atoms with Crippen LogP contribution in [0.5, 0.6) is 0 Å². The number of primary sulfonamides is 1. The number of hydrogen-bond donors (Lipinski definition) is 2. The molecule has 3 rings (SSSR count). The number of halogens is 4. The third-order valence-corrected chi connectivity index (χ3v) is 5.57. The predicted molar refractivity (Wildman–Crippen MR) is 97.4 cm³/mol. The van der Waals surface area contributed by atoms with Gasteiger partial charge in [-0.15, -0.1) is 0 Å². The highest BCUT2D eigenvalue weighted by Crippen LogP contribution is 2.36. The third-order valence-electron chi connectivity index (χ3n) is 4.33. The van der Waals surface area contributed by atoms with Gasteiger partial charge in [-0.1, -0.05) is 17.7 Å². The van der Waals surface area contributed by atoms with Crippen molar-refractivity contribution in [3.05, 3.63) is 58.1 Å². The number of benzene rings is 2. The first-order valence-electron chi connectivity index (χ1n) is 8.02. The van der Waals surface area contributed by atoms with E-state index in [0.29, 0.717) is 18.5 Å².